The molecular formula is C104H68N16. The van der Waals surface area contributed by atoms with Gasteiger partial charge in [0.15, 0.2) is 46.6 Å². The van der Waals surface area contributed by atoms with E-state index in [2.05, 4.69) is 97.1 Å². The molecule has 0 N–H and O–H groups in total. The molecule has 0 atom stereocenters. The number of pyridine rings is 6. The molecule has 0 fully saturated rings. The van der Waals surface area contributed by atoms with Gasteiger partial charge in [-0.3, -0.25) is 15.0 Å². The Kier molecular flexibility index (Phi) is 20.9. The average Bonchev–Trinajstić information content (AvgIpc) is 0.787. The van der Waals surface area contributed by atoms with E-state index in [1.165, 1.54) is 0 Å². The zero-order valence-electron chi connectivity index (χ0n) is 64.4. The van der Waals surface area contributed by atoms with Crippen LogP contribution in [-0.2, 0) is 0 Å². The van der Waals surface area contributed by atoms with Crippen LogP contribution in [0.4, 0.5) is 0 Å². The van der Waals surface area contributed by atoms with Crippen molar-refractivity contribution in [2.45, 2.75) is 0 Å². The van der Waals surface area contributed by atoms with Crippen LogP contribution in [0.1, 0.15) is 0 Å². The Balaban J connectivity index is 0.000000159. The highest BCUT2D eigenvalue weighted by Gasteiger charge is 2.21. The smallest absolute Gasteiger partial charge is 0.182 e. The summed E-state index contributed by atoms with van der Waals surface area (Å²) in [7, 11) is 0. The van der Waals surface area contributed by atoms with Crippen LogP contribution in [0.3, 0.4) is 0 Å². The maximum Gasteiger partial charge on any atom is 0.182 e. The molecule has 0 radical (unpaired) electrons. The van der Waals surface area contributed by atoms with Crippen LogP contribution in [0.15, 0.2) is 413 Å². The Hall–Kier alpha value is -16.7. The molecule has 0 aliphatic heterocycles. The zero-order chi connectivity index (χ0) is 80.2. The minimum atomic E-state index is 0.468. The van der Waals surface area contributed by atoms with E-state index in [9.17, 15) is 0 Å². The van der Waals surface area contributed by atoms with Crippen molar-refractivity contribution in [1.29, 1.82) is 0 Å². The minimum absolute atomic E-state index is 0.468. The highest BCUT2D eigenvalue weighted by Crippen LogP contribution is 2.37. The number of rotatable bonds is 18. The molecule has 10 aromatic heterocycles. The van der Waals surface area contributed by atoms with Gasteiger partial charge in [-0.15, -0.1) is 0 Å². The van der Waals surface area contributed by atoms with Crippen LogP contribution in [-0.4, -0.2) is 79.7 Å². The van der Waals surface area contributed by atoms with Crippen LogP contribution >= 0.6 is 0 Å². The van der Waals surface area contributed by atoms with Crippen LogP contribution in [0.2, 0.25) is 0 Å². The standard InChI is InChI=1S/2C52H34N8/c1-6-17-35(18-7-1)41-31-47(42-30-29-40(34-53-42)51-56-45(36-19-8-2-9-20-36)33-46(57-51)37-21-10-3-11-22-37)55-48(32-41)43-27-16-28-44(54-43)52-59-49(38-23-12-4-13-24-38)58-50(60-52)39-25-14-5-15-26-39;1-6-16-35(17-7-1)42-30-47(43-28-26-40(33-53-43)51-56-45(36-18-8-2-9-19-36)32-46(57-51)37-20-10-3-11-21-37)55-48(31-42)44-29-27-41(34-54-44)52-59-49(38-22-12-4-13-23-38)58-50(60-52)39-24-14-5-15-25-39/h2*1-34H. The highest BCUT2D eigenvalue weighted by atomic mass is 15.1. The number of nitrogens with zero attached hydrogens (tertiary/aromatic N) is 16. The minimum Gasteiger partial charge on any atom is -0.254 e. The molecule has 10 aromatic carbocycles. The second-order valence-corrected chi connectivity index (χ2v) is 28.2. The van der Waals surface area contributed by atoms with E-state index in [1.807, 2.05) is 310 Å². The lowest BCUT2D eigenvalue weighted by atomic mass is 10.0. The van der Waals surface area contributed by atoms with Gasteiger partial charge in [0.2, 0.25) is 0 Å². The molecule has 120 heavy (non-hydrogen) atoms. The van der Waals surface area contributed by atoms with Crippen LogP contribution in [0.25, 0.3) is 204 Å². The quantitative estimate of drug-likeness (QED) is 0.0783. The molecule has 0 saturated carbocycles. The van der Waals surface area contributed by atoms with Gasteiger partial charge in [0.05, 0.1) is 68.3 Å². The molecule has 0 aliphatic carbocycles. The molecule has 10 heterocycles. The molecule has 16 nitrogen and oxygen atoms in total. The summed E-state index contributed by atoms with van der Waals surface area (Å²) in [5.41, 5.74) is 23.7. The number of benzene rings is 10. The molecule has 0 saturated heterocycles. The molecular weight excluding hydrogens is 1470 g/mol. The van der Waals surface area contributed by atoms with Gasteiger partial charge in [-0.05, 0) is 107 Å². The van der Waals surface area contributed by atoms with E-state index < -0.39 is 0 Å². The molecule has 0 amide bonds. The Labute approximate surface area is 692 Å². The largest absolute Gasteiger partial charge is 0.254 e. The third kappa shape index (κ3) is 16.7. The maximum atomic E-state index is 5.17. The number of hydrogen-bond donors (Lipinski definition) is 0. The van der Waals surface area contributed by atoms with Crippen molar-refractivity contribution in [2.24, 2.45) is 0 Å². The Morgan fingerprint density at radius 2 is 0.317 bits per heavy atom. The van der Waals surface area contributed by atoms with E-state index in [0.717, 1.165) is 106 Å². The summed E-state index contributed by atoms with van der Waals surface area (Å²) in [4.78, 5) is 79.5. The van der Waals surface area contributed by atoms with Crippen molar-refractivity contribution >= 4 is 0 Å². The Morgan fingerprint density at radius 3 is 0.583 bits per heavy atom. The SMILES string of the molecule is c1ccc(-c2cc(-c3ccc(-c4nc(-c5ccccc5)cc(-c5ccccc5)n4)cn3)nc(-c3ccc(-c4nc(-c5ccccc5)nc(-c5ccccc5)n4)cn3)c2)cc1.c1ccc(-c2cc(-c3ccc(-c4nc(-c5ccccc5)cc(-c5ccccc5)n4)cn3)nc(-c3cccc(-c4nc(-c5ccccc5)nc(-c5ccccc5)n4)n3)c2)cc1. The molecule has 0 aliphatic rings. The monoisotopic (exact) mass is 1540 g/mol. The van der Waals surface area contributed by atoms with Crippen molar-refractivity contribution in [3.8, 4) is 204 Å². The molecule has 0 unspecified atom stereocenters. The Bertz CT molecular complexity index is 6520. The van der Waals surface area contributed by atoms with Gasteiger partial charge in [0.1, 0.15) is 5.69 Å². The topological polar surface area (TPSA) is 206 Å². The summed E-state index contributed by atoms with van der Waals surface area (Å²) < 4.78 is 0. The van der Waals surface area contributed by atoms with Crippen molar-refractivity contribution in [1.82, 2.24) is 79.7 Å². The summed E-state index contributed by atoms with van der Waals surface area (Å²) in [6.07, 6.45) is 5.43. The van der Waals surface area contributed by atoms with Gasteiger partial charge in [0.25, 0.3) is 0 Å². The molecule has 564 valence electrons. The first-order valence-corrected chi connectivity index (χ1v) is 39.2. The van der Waals surface area contributed by atoms with Crippen molar-refractivity contribution in [2.75, 3.05) is 0 Å². The summed E-state index contributed by atoms with van der Waals surface area (Å²) >= 11 is 0. The fourth-order valence-corrected chi connectivity index (χ4v) is 14.0. The summed E-state index contributed by atoms with van der Waals surface area (Å²) in [5.74, 6) is 4.51. The highest BCUT2D eigenvalue weighted by molar-refractivity contribution is 5.81. The molecule has 0 bridgehead atoms. The van der Waals surface area contributed by atoms with E-state index in [4.69, 9.17) is 79.7 Å². The average molecular weight is 1540 g/mol. The van der Waals surface area contributed by atoms with Crippen LogP contribution < -0.4 is 0 Å². The predicted octanol–water partition coefficient (Wildman–Crippen LogP) is 23.7. The zero-order valence-corrected chi connectivity index (χ0v) is 64.4. The van der Waals surface area contributed by atoms with Gasteiger partial charge in [-0.25, -0.2) is 64.8 Å². The van der Waals surface area contributed by atoms with Gasteiger partial charge in [0, 0.05) is 79.8 Å². The fraction of sp³-hybridized carbons (Fsp3) is 0. The normalized spacial score (nSPS) is 11.0. The fourth-order valence-electron chi connectivity index (χ4n) is 14.0. The van der Waals surface area contributed by atoms with Crippen molar-refractivity contribution in [3.05, 3.63) is 413 Å². The lowest BCUT2D eigenvalue weighted by Gasteiger charge is -2.12. The molecule has 20 aromatic rings. The third-order valence-electron chi connectivity index (χ3n) is 20.1. The lowest BCUT2D eigenvalue weighted by Crippen LogP contribution is -2.02. The molecule has 0 spiro atoms. The maximum absolute atomic E-state index is 5.17. The van der Waals surface area contributed by atoms with Gasteiger partial charge >= 0.3 is 0 Å². The number of hydrogen-bond acceptors (Lipinski definition) is 16. The van der Waals surface area contributed by atoms with Crippen molar-refractivity contribution in [3.63, 3.8) is 0 Å². The first-order valence-electron chi connectivity index (χ1n) is 39.2. The van der Waals surface area contributed by atoms with E-state index >= 15 is 0 Å². The summed E-state index contributed by atoms with van der Waals surface area (Å²) in [6.45, 7) is 0. The summed E-state index contributed by atoms with van der Waals surface area (Å²) in [5, 5.41) is 0. The molecule has 20 rings (SSSR count). The number of aromatic nitrogens is 16. The van der Waals surface area contributed by atoms with Crippen LogP contribution in [0, 0.1) is 0 Å². The van der Waals surface area contributed by atoms with Gasteiger partial charge in [-0.2, -0.15) is 0 Å². The Morgan fingerprint density at radius 1 is 0.100 bits per heavy atom. The first-order chi connectivity index (χ1) is 59.4. The van der Waals surface area contributed by atoms with Crippen LogP contribution in [0.5, 0.6) is 0 Å². The summed E-state index contributed by atoms with van der Waals surface area (Å²) in [6, 6.07) is 131. The first kappa shape index (κ1) is 73.5. The second kappa shape index (κ2) is 34.1. The van der Waals surface area contributed by atoms with Gasteiger partial charge < -0.3 is 0 Å². The van der Waals surface area contributed by atoms with Gasteiger partial charge in [-0.1, -0.05) is 309 Å². The molecule has 16 heteroatoms. The van der Waals surface area contributed by atoms with E-state index in [0.29, 0.717) is 97.8 Å². The van der Waals surface area contributed by atoms with Crippen molar-refractivity contribution < 1.29 is 0 Å². The third-order valence-corrected chi connectivity index (χ3v) is 20.1. The van der Waals surface area contributed by atoms with E-state index in [1.54, 1.807) is 6.20 Å². The van der Waals surface area contributed by atoms with E-state index in [-0.39, 0.29) is 0 Å². The second-order valence-electron chi connectivity index (χ2n) is 28.2. The predicted molar refractivity (Wildman–Crippen MR) is 475 cm³/mol. The lowest BCUT2D eigenvalue weighted by molar-refractivity contribution is 1.06.